The van der Waals surface area contributed by atoms with Gasteiger partial charge in [0.2, 0.25) is 0 Å². The second kappa shape index (κ2) is 20.5. The molecule has 2 aromatic heterocycles. The number of benzene rings is 1. The normalized spacial score (nSPS) is 13.4. The number of nitrogens with one attached hydrogen (secondary N) is 1. The highest BCUT2D eigenvalue weighted by molar-refractivity contribution is 5.89. The van der Waals surface area contributed by atoms with Crippen LogP contribution in [-0.4, -0.2) is 117 Å². The molecule has 1 aliphatic heterocycles. The maximum absolute atomic E-state index is 12.8. The fourth-order valence-corrected chi connectivity index (χ4v) is 5.15. The fraction of sp³-hybridized carbons (Fsp3) is 0.515. The number of aromatic nitrogens is 4. The molecule has 0 spiro atoms. The zero-order valence-corrected chi connectivity index (χ0v) is 28.1. The number of nitrogen functional groups attached to an aromatic ring is 1. The van der Waals surface area contributed by atoms with Crippen molar-refractivity contribution in [1.82, 2.24) is 29.3 Å². The van der Waals surface area contributed by atoms with E-state index in [1.54, 1.807) is 4.57 Å². The van der Waals surface area contributed by atoms with E-state index in [1.807, 2.05) is 12.1 Å². The number of carbonyl (C=O) groups is 3. The summed E-state index contributed by atoms with van der Waals surface area (Å²) in [6.07, 6.45) is 5.00. The van der Waals surface area contributed by atoms with Gasteiger partial charge < -0.3 is 35.1 Å². The van der Waals surface area contributed by atoms with E-state index in [-0.39, 0.29) is 29.9 Å². The zero-order valence-electron chi connectivity index (χ0n) is 28.1. The molecule has 1 fully saturated rings. The number of morpholine rings is 1. The van der Waals surface area contributed by atoms with Crippen LogP contribution < -0.4 is 16.2 Å². The van der Waals surface area contributed by atoms with Gasteiger partial charge in [-0.15, -0.1) is 0 Å². The van der Waals surface area contributed by atoms with E-state index in [9.17, 15) is 19.2 Å². The molecule has 0 bridgehead atoms. The minimum atomic E-state index is -1.26. The Kier molecular flexibility index (Phi) is 16.2. The van der Waals surface area contributed by atoms with E-state index in [0.717, 1.165) is 89.3 Å². The molecule has 0 aliphatic carbocycles. The van der Waals surface area contributed by atoms with Crippen LogP contribution in [0, 0.1) is 0 Å². The summed E-state index contributed by atoms with van der Waals surface area (Å²) in [6, 6.07) is 8.26. The summed E-state index contributed by atoms with van der Waals surface area (Å²) in [5.74, 6) is -2.56. The van der Waals surface area contributed by atoms with E-state index in [0.29, 0.717) is 36.5 Å². The van der Waals surface area contributed by atoms with Crippen LogP contribution in [0.1, 0.15) is 43.7 Å². The molecule has 0 radical (unpaired) electrons. The van der Waals surface area contributed by atoms with E-state index < -0.39 is 11.9 Å². The first-order chi connectivity index (χ1) is 23.6. The van der Waals surface area contributed by atoms with Gasteiger partial charge in [-0.2, -0.15) is 9.97 Å². The Morgan fingerprint density at radius 3 is 2.37 bits per heavy atom. The highest BCUT2D eigenvalue weighted by Gasteiger charge is 2.16. The molecule has 3 aromatic rings. The Hall–Kier alpha value is -4.80. The van der Waals surface area contributed by atoms with Crippen LogP contribution in [0.15, 0.2) is 41.2 Å². The molecule has 0 atom stereocenters. The number of aromatic amines is 1. The summed E-state index contributed by atoms with van der Waals surface area (Å²) >= 11 is 0. The number of methoxy groups -OCH3 is 1. The number of hydrogen-bond acceptors (Lipinski definition) is 12. The number of carboxylic acid groups (broad SMARTS) is 2. The van der Waals surface area contributed by atoms with Crippen LogP contribution in [0.3, 0.4) is 0 Å². The maximum atomic E-state index is 12.8. The van der Waals surface area contributed by atoms with Gasteiger partial charge in [-0.3, -0.25) is 19.2 Å². The zero-order chi connectivity index (χ0) is 35.6. The Labute approximate surface area is 284 Å². The Bertz CT molecular complexity index is 1580. The van der Waals surface area contributed by atoms with Crippen molar-refractivity contribution in [2.75, 3.05) is 65.4 Å². The Balaban J connectivity index is 0.000000723. The molecule has 1 saturated heterocycles. The first-order valence-corrected chi connectivity index (χ1v) is 16.3. The van der Waals surface area contributed by atoms with Gasteiger partial charge in [0.15, 0.2) is 11.5 Å². The largest absolute Gasteiger partial charge is 0.478 e. The van der Waals surface area contributed by atoms with Crippen molar-refractivity contribution in [1.29, 1.82) is 0 Å². The van der Waals surface area contributed by atoms with Crippen molar-refractivity contribution < 1.29 is 38.8 Å². The predicted molar refractivity (Wildman–Crippen MR) is 181 cm³/mol. The second-order valence-corrected chi connectivity index (χ2v) is 11.4. The Morgan fingerprint density at radius 1 is 1.04 bits per heavy atom. The molecule has 1 aliphatic rings. The number of carboxylic acids is 2. The van der Waals surface area contributed by atoms with E-state index in [1.165, 1.54) is 7.11 Å². The number of unbranched alkanes of at least 4 members (excludes halogenated alkanes) is 1. The van der Waals surface area contributed by atoms with Crippen LogP contribution >= 0.6 is 0 Å². The lowest BCUT2D eigenvalue weighted by atomic mass is 10.1. The van der Waals surface area contributed by atoms with Crippen LogP contribution in [0.2, 0.25) is 0 Å². The van der Waals surface area contributed by atoms with Crippen molar-refractivity contribution in [3.63, 3.8) is 0 Å². The van der Waals surface area contributed by atoms with Crippen molar-refractivity contribution >= 4 is 34.9 Å². The van der Waals surface area contributed by atoms with Gasteiger partial charge in [0.25, 0.3) is 0 Å². The first-order valence-electron chi connectivity index (χ1n) is 16.3. The maximum Gasteiger partial charge on any atom is 0.328 e. The number of ether oxygens (including phenoxy) is 3. The summed E-state index contributed by atoms with van der Waals surface area (Å²) in [7, 11) is 1.40. The molecule has 3 heterocycles. The Morgan fingerprint density at radius 2 is 1.71 bits per heavy atom. The third-order valence-corrected chi connectivity index (χ3v) is 7.61. The number of esters is 1. The summed E-state index contributed by atoms with van der Waals surface area (Å²) in [5.41, 5.74) is 8.81. The molecule has 1 aromatic carbocycles. The van der Waals surface area contributed by atoms with Crippen molar-refractivity contribution in [3.8, 4) is 6.01 Å². The smallest absolute Gasteiger partial charge is 0.328 e. The quantitative estimate of drug-likeness (QED) is 0.0855. The minimum absolute atomic E-state index is 0.188. The lowest BCUT2D eigenvalue weighted by Crippen LogP contribution is -2.38. The van der Waals surface area contributed by atoms with E-state index in [4.69, 9.17) is 30.2 Å². The van der Waals surface area contributed by atoms with Crippen molar-refractivity contribution in [3.05, 3.63) is 58.0 Å². The number of fused-ring (bicyclic) bond motifs is 1. The number of carbonyl (C=O) groups excluding carboxylic acids is 1. The van der Waals surface area contributed by atoms with Crippen LogP contribution in [0.5, 0.6) is 6.01 Å². The molecule has 4 rings (SSSR count). The first kappa shape index (κ1) is 38.6. The number of nitrogens with two attached hydrogens (primary N) is 1. The standard InChI is InChI=1S/C29H43N7O5.C4H4O4/c1-3-4-16-41-28-32-26(30)25-27(33-28)36(29(38)31-25)13-7-12-35(11-6-10-34-14-17-40-18-15-34)21-23-9-5-8-22(19-23)20-24(37)39-2;5-3(6)1-2-4(7)8/h5,8-9,19H,3-4,6-7,10-18,20-21H2,1-2H3,(H,31,38)(H2,30,32,33);1-2H,(H,5,6)(H,7,8)/b;2-1-. The van der Waals surface area contributed by atoms with Gasteiger partial charge in [0.05, 0.1) is 33.4 Å². The van der Waals surface area contributed by atoms with E-state index >= 15 is 0 Å². The lowest BCUT2D eigenvalue weighted by Gasteiger charge is -2.28. The fourth-order valence-electron chi connectivity index (χ4n) is 5.15. The summed E-state index contributed by atoms with van der Waals surface area (Å²) < 4.78 is 17.6. The molecule has 16 heteroatoms. The lowest BCUT2D eigenvalue weighted by molar-refractivity contribution is -0.139. The van der Waals surface area contributed by atoms with Gasteiger partial charge in [-0.05, 0) is 43.5 Å². The van der Waals surface area contributed by atoms with Crippen LogP contribution in [-0.2, 0) is 43.4 Å². The number of hydrogen-bond donors (Lipinski definition) is 4. The second-order valence-electron chi connectivity index (χ2n) is 11.4. The number of aryl methyl sites for hydroxylation is 1. The minimum Gasteiger partial charge on any atom is -0.478 e. The van der Waals surface area contributed by atoms with Gasteiger partial charge in [-0.25, -0.2) is 14.4 Å². The molecule has 0 saturated carbocycles. The number of nitrogens with zero attached hydrogens (tertiary/aromatic N) is 5. The monoisotopic (exact) mass is 685 g/mol. The average molecular weight is 686 g/mol. The molecular formula is C33H47N7O9. The van der Waals surface area contributed by atoms with Crippen molar-refractivity contribution in [2.45, 2.75) is 52.1 Å². The van der Waals surface area contributed by atoms with Crippen molar-refractivity contribution in [2.24, 2.45) is 0 Å². The van der Waals surface area contributed by atoms with Crippen LogP contribution in [0.4, 0.5) is 5.82 Å². The molecular weight excluding hydrogens is 638 g/mol. The third-order valence-electron chi connectivity index (χ3n) is 7.61. The number of rotatable bonds is 18. The molecule has 0 amide bonds. The van der Waals surface area contributed by atoms with Crippen LogP contribution in [0.25, 0.3) is 11.2 Å². The summed E-state index contributed by atoms with van der Waals surface area (Å²) in [4.78, 5) is 60.0. The van der Waals surface area contributed by atoms with Gasteiger partial charge in [0, 0.05) is 44.9 Å². The number of anilines is 1. The SMILES string of the molecule is CCCCOc1nc(N)c2[nH]c(=O)n(CCCN(CCCN3CCOCC3)Cc3cccc(CC(=O)OC)c3)c2n1.O=C(O)/C=C\C(=O)O. The summed E-state index contributed by atoms with van der Waals surface area (Å²) in [6.45, 7) is 10.0. The predicted octanol–water partition coefficient (Wildman–Crippen LogP) is 1.92. The number of H-pyrrole nitrogens is 1. The highest BCUT2D eigenvalue weighted by Crippen LogP contribution is 2.18. The molecule has 268 valence electrons. The average Bonchev–Trinajstić information content (AvgIpc) is 3.39. The third kappa shape index (κ3) is 13.7. The molecule has 49 heavy (non-hydrogen) atoms. The molecule has 16 nitrogen and oxygen atoms in total. The van der Waals surface area contributed by atoms with Gasteiger partial charge >= 0.3 is 29.6 Å². The topological polar surface area (TPSA) is 215 Å². The van der Waals surface area contributed by atoms with E-state index in [2.05, 4.69) is 43.8 Å². The number of aliphatic carboxylic acids is 2. The molecule has 5 N–H and O–H groups in total. The number of imidazole rings is 1. The molecule has 0 unspecified atom stereocenters. The van der Waals surface area contributed by atoms with Gasteiger partial charge in [0.1, 0.15) is 5.52 Å². The van der Waals surface area contributed by atoms with Gasteiger partial charge in [-0.1, -0.05) is 37.6 Å². The highest BCUT2D eigenvalue weighted by atomic mass is 16.5. The summed E-state index contributed by atoms with van der Waals surface area (Å²) in [5, 5.41) is 15.6.